The Morgan fingerprint density at radius 3 is 2.94 bits per heavy atom. The molecule has 0 radical (unpaired) electrons. The van der Waals surface area contributed by atoms with Gasteiger partial charge >= 0.3 is 0 Å². The minimum Gasteiger partial charge on any atom is -0.309 e. The van der Waals surface area contributed by atoms with Gasteiger partial charge in [0.05, 0.1) is 5.69 Å². The largest absolute Gasteiger partial charge is 0.309 e. The third-order valence-corrected chi connectivity index (χ3v) is 3.39. The molecule has 3 heteroatoms. The van der Waals surface area contributed by atoms with Crippen LogP contribution in [0, 0.1) is 5.41 Å². The number of allylic oxidation sites excluding steroid dienone is 2. The molecule has 0 spiro atoms. The van der Waals surface area contributed by atoms with E-state index in [0.29, 0.717) is 0 Å². The highest BCUT2D eigenvalue weighted by Gasteiger charge is 2.11. The zero-order valence-corrected chi connectivity index (χ0v) is 10.2. The molecule has 0 amide bonds. The van der Waals surface area contributed by atoms with E-state index < -0.39 is 0 Å². The van der Waals surface area contributed by atoms with Crippen LogP contribution in [0.1, 0.15) is 31.4 Å². The molecule has 0 aliphatic heterocycles. The van der Waals surface area contributed by atoms with E-state index in [4.69, 9.17) is 5.41 Å². The highest BCUT2D eigenvalue weighted by atomic mass is 14.7. The summed E-state index contributed by atoms with van der Waals surface area (Å²) in [6.07, 6.45) is 11.4. The maximum absolute atomic E-state index is 7.77. The summed E-state index contributed by atoms with van der Waals surface area (Å²) in [5, 5.41) is 10.1. The van der Waals surface area contributed by atoms with Gasteiger partial charge in [-0.25, -0.2) is 0 Å². The van der Waals surface area contributed by atoms with E-state index in [9.17, 15) is 0 Å². The molecule has 1 aliphatic rings. The van der Waals surface area contributed by atoms with Crippen LogP contribution in [-0.2, 0) is 0 Å². The third-order valence-electron chi connectivity index (χ3n) is 3.39. The number of hydrogen-bond acceptors (Lipinski definition) is 3. The molecule has 0 unspecified atom stereocenters. The van der Waals surface area contributed by atoms with Gasteiger partial charge in [0.1, 0.15) is 0 Å². The molecule has 0 bridgehead atoms. The van der Waals surface area contributed by atoms with Crippen LogP contribution in [-0.4, -0.2) is 15.7 Å². The molecule has 18 heavy (non-hydrogen) atoms. The van der Waals surface area contributed by atoms with Crippen molar-refractivity contribution >= 4 is 22.1 Å². The number of nitrogens with one attached hydrogen (secondary N) is 1. The summed E-state index contributed by atoms with van der Waals surface area (Å²) in [6.45, 7) is 0. The van der Waals surface area contributed by atoms with Crippen LogP contribution >= 0.6 is 0 Å². The van der Waals surface area contributed by atoms with E-state index in [1.54, 1.807) is 0 Å². The third kappa shape index (κ3) is 2.04. The van der Waals surface area contributed by atoms with Crippen molar-refractivity contribution in [3.8, 4) is 0 Å². The first-order valence-corrected chi connectivity index (χ1v) is 6.29. The number of pyridine rings is 2. The summed E-state index contributed by atoms with van der Waals surface area (Å²) in [5.41, 5.74) is 3.12. The summed E-state index contributed by atoms with van der Waals surface area (Å²) < 4.78 is 0. The number of nitrogens with zero attached hydrogens (tertiary/aromatic N) is 2. The fourth-order valence-electron chi connectivity index (χ4n) is 2.42. The van der Waals surface area contributed by atoms with Gasteiger partial charge in [0.2, 0.25) is 0 Å². The van der Waals surface area contributed by atoms with Gasteiger partial charge in [-0.05, 0) is 42.4 Å². The molecule has 3 rings (SSSR count). The Bertz CT molecular complexity index is 623. The molecule has 0 atom stereocenters. The highest BCUT2D eigenvalue weighted by molar-refractivity contribution is 5.93. The molecule has 0 saturated heterocycles. The van der Waals surface area contributed by atoms with Crippen LogP contribution in [0.5, 0.6) is 0 Å². The molecule has 1 aliphatic carbocycles. The van der Waals surface area contributed by atoms with Crippen molar-refractivity contribution in [2.24, 2.45) is 0 Å². The monoisotopic (exact) mass is 237 g/mol. The Hall–Kier alpha value is -2.03. The average molecular weight is 237 g/mol. The van der Waals surface area contributed by atoms with Crippen LogP contribution in [0.25, 0.3) is 16.3 Å². The lowest BCUT2D eigenvalue weighted by molar-refractivity contribution is 0.903. The summed E-state index contributed by atoms with van der Waals surface area (Å²) >= 11 is 0. The molecule has 2 aromatic heterocycles. The molecule has 3 nitrogen and oxygen atoms in total. The molecular weight excluding hydrogens is 222 g/mol. The molecule has 90 valence electrons. The second-order valence-corrected chi connectivity index (χ2v) is 4.65. The van der Waals surface area contributed by atoms with E-state index >= 15 is 0 Å². The molecular formula is C15H15N3. The first kappa shape index (κ1) is 11.1. The maximum Gasteiger partial charge on any atom is 0.0752 e. The number of fused-ring (bicyclic) bond motifs is 1. The predicted molar refractivity (Wildman–Crippen MR) is 73.7 cm³/mol. The van der Waals surface area contributed by atoms with Crippen molar-refractivity contribution in [3.63, 3.8) is 0 Å². The number of aromatic nitrogens is 2. The zero-order valence-electron chi connectivity index (χ0n) is 10.2. The van der Waals surface area contributed by atoms with Gasteiger partial charge in [-0.2, -0.15) is 0 Å². The first-order chi connectivity index (χ1) is 8.84. The summed E-state index contributed by atoms with van der Waals surface area (Å²) in [5.74, 6) is 0. The Balaban J connectivity index is 2.11. The van der Waals surface area contributed by atoms with Crippen molar-refractivity contribution in [1.82, 2.24) is 9.97 Å². The van der Waals surface area contributed by atoms with Crippen LogP contribution < -0.4 is 0 Å². The van der Waals surface area contributed by atoms with Crippen LogP contribution in [0.3, 0.4) is 0 Å². The summed E-state index contributed by atoms with van der Waals surface area (Å²) in [7, 11) is 0. The van der Waals surface area contributed by atoms with E-state index in [-0.39, 0.29) is 0 Å². The van der Waals surface area contributed by atoms with E-state index in [1.165, 1.54) is 11.0 Å². The van der Waals surface area contributed by atoms with Gasteiger partial charge in [0.15, 0.2) is 0 Å². The average Bonchev–Trinajstić information content (AvgIpc) is 2.63. The van der Waals surface area contributed by atoms with Gasteiger partial charge in [-0.1, -0.05) is 6.08 Å². The lowest BCUT2D eigenvalue weighted by Gasteiger charge is -2.07. The maximum atomic E-state index is 7.77. The Morgan fingerprint density at radius 2 is 2.00 bits per heavy atom. The van der Waals surface area contributed by atoms with Crippen molar-refractivity contribution < 1.29 is 0 Å². The Labute approximate surface area is 106 Å². The first-order valence-electron chi connectivity index (χ1n) is 6.29. The minimum atomic E-state index is 0.758. The van der Waals surface area contributed by atoms with Crippen molar-refractivity contribution in [2.75, 3.05) is 0 Å². The smallest absolute Gasteiger partial charge is 0.0752 e. The zero-order chi connectivity index (χ0) is 12.4. The van der Waals surface area contributed by atoms with Gasteiger partial charge in [0, 0.05) is 36.1 Å². The number of hydrogen-bond donors (Lipinski definition) is 1. The molecule has 1 N–H and O–H groups in total. The minimum absolute atomic E-state index is 0.758. The fraction of sp³-hybridized carbons (Fsp3) is 0.267. The quantitative estimate of drug-likeness (QED) is 0.823. The van der Waals surface area contributed by atoms with Gasteiger partial charge in [-0.3, -0.25) is 9.97 Å². The van der Waals surface area contributed by atoms with Crippen molar-refractivity contribution in [1.29, 1.82) is 5.41 Å². The second-order valence-electron chi connectivity index (χ2n) is 4.65. The topological polar surface area (TPSA) is 49.6 Å². The van der Waals surface area contributed by atoms with Crippen LogP contribution in [0.15, 0.2) is 36.8 Å². The Morgan fingerprint density at radius 1 is 1.11 bits per heavy atom. The van der Waals surface area contributed by atoms with E-state index in [0.717, 1.165) is 42.5 Å². The molecule has 2 heterocycles. The van der Waals surface area contributed by atoms with Gasteiger partial charge < -0.3 is 5.41 Å². The Kier molecular flexibility index (Phi) is 2.89. The summed E-state index contributed by atoms with van der Waals surface area (Å²) in [4.78, 5) is 8.72. The van der Waals surface area contributed by atoms with Gasteiger partial charge in [-0.15, -0.1) is 0 Å². The molecule has 2 aromatic rings. The molecule has 0 aromatic carbocycles. The van der Waals surface area contributed by atoms with Crippen LogP contribution in [0.4, 0.5) is 0 Å². The normalized spacial score (nSPS) is 16.4. The lowest BCUT2D eigenvalue weighted by atomic mass is 10.0. The predicted octanol–water partition coefficient (Wildman–Crippen LogP) is 3.61. The standard InChI is InChI=1S/C15H15N3/c16-13-3-1-2-12(4-5-13)15-14-10-17-8-6-11(14)7-9-18-15/h4,6-10,16H,1-3,5H2. The lowest BCUT2D eigenvalue weighted by Crippen LogP contribution is -1.91. The molecule has 0 saturated carbocycles. The van der Waals surface area contributed by atoms with Crippen molar-refractivity contribution in [2.45, 2.75) is 25.7 Å². The summed E-state index contributed by atoms with van der Waals surface area (Å²) in [6, 6.07) is 4.03. The SMILES string of the molecule is N=C1CC=C(c2nccc3ccncc23)CCC1. The van der Waals surface area contributed by atoms with E-state index in [2.05, 4.69) is 16.0 Å². The van der Waals surface area contributed by atoms with E-state index in [1.807, 2.05) is 30.7 Å². The fourth-order valence-corrected chi connectivity index (χ4v) is 2.42. The number of rotatable bonds is 1. The highest BCUT2D eigenvalue weighted by Crippen LogP contribution is 2.28. The van der Waals surface area contributed by atoms with Crippen molar-refractivity contribution in [3.05, 3.63) is 42.5 Å². The molecule has 0 fully saturated rings. The van der Waals surface area contributed by atoms with Crippen LogP contribution in [0.2, 0.25) is 0 Å². The second kappa shape index (κ2) is 4.69. The van der Waals surface area contributed by atoms with Gasteiger partial charge in [0.25, 0.3) is 0 Å².